The molecule has 0 amide bonds. The fraction of sp³-hybridized carbons (Fsp3) is 0.571. The van der Waals surface area contributed by atoms with Gasteiger partial charge < -0.3 is 24.7 Å². The molecule has 0 aromatic heterocycles. The van der Waals surface area contributed by atoms with Crippen LogP contribution < -0.4 is 16.7 Å². The van der Waals surface area contributed by atoms with Crippen molar-refractivity contribution in [3.63, 3.8) is 0 Å². The van der Waals surface area contributed by atoms with Crippen molar-refractivity contribution in [2.24, 2.45) is 0 Å². The zero-order valence-corrected chi connectivity index (χ0v) is 14.3. The summed E-state index contributed by atoms with van der Waals surface area (Å²) in [5.41, 5.74) is 2.55. The summed E-state index contributed by atoms with van der Waals surface area (Å²) in [6, 6.07) is 6.24. The van der Waals surface area contributed by atoms with Crippen LogP contribution in [0.5, 0.6) is 0 Å². The summed E-state index contributed by atoms with van der Waals surface area (Å²) < 4.78 is 16.8. The fourth-order valence-electron chi connectivity index (χ4n) is 2.29. The molecule has 116 valence electrons. The van der Waals surface area contributed by atoms with E-state index in [9.17, 15) is 0 Å². The SMILES string of the molecule is CCNCc1c(CC)cccc1[Si](OC)(OC)OC.N. The van der Waals surface area contributed by atoms with E-state index < -0.39 is 8.80 Å². The maximum atomic E-state index is 5.61. The van der Waals surface area contributed by atoms with Gasteiger partial charge in [0.15, 0.2) is 0 Å². The van der Waals surface area contributed by atoms with Gasteiger partial charge in [-0.2, -0.15) is 0 Å². The molecule has 0 radical (unpaired) electrons. The monoisotopic (exact) mass is 300 g/mol. The average molecular weight is 300 g/mol. The predicted molar refractivity (Wildman–Crippen MR) is 84.6 cm³/mol. The molecule has 6 heteroatoms. The van der Waals surface area contributed by atoms with E-state index in [4.69, 9.17) is 13.3 Å². The quantitative estimate of drug-likeness (QED) is 0.713. The summed E-state index contributed by atoms with van der Waals surface area (Å²) in [5.74, 6) is 0. The highest BCUT2D eigenvalue weighted by atomic mass is 28.4. The smallest absolute Gasteiger partial charge is 0.373 e. The Morgan fingerprint density at radius 1 is 1.05 bits per heavy atom. The van der Waals surface area contributed by atoms with Crippen LogP contribution in [0.3, 0.4) is 0 Å². The molecule has 0 saturated carbocycles. The van der Waals surface area contributed by atoms with Crippen LogP contribution >= 0.6 is 0 Å². The van der Waals surface area contributed by atoms with Crippen molar-refractivity contribution in [1.29, 1.82) is 0 Å². The molecule has 1 aromatic rings. The molecule has 5 nitrogen and oxygen atoms in total. The van der Waals surface area contributed by atoms with Gasteiger partial charge in [-0.15, -0.1) is 0 Å². The van der Waals surface area contributed by atoms with E-state index in [-0.39, 0.29) is 6.15 Å². The van der Waals surface area contributed by atoms with Crippen LogP contribution in [0.2, 0.25) is 0 Å². The third-order valence-electron chi connectivity index (χ3n) is 3.34. The summed E-state index contributed by atoms with van der Waals surface area (Å²) in [6.45, 7) is 5.99. The zero-order valence-electron chi connectivity index (χ0n) is 13.3. The first-order valence-electron chi connectivity index (χ1n) is 6.66. The van der Waals surface area contributed by atoms with Crippen molar-refractivity contribution in [3.8, 4) is 0 Å². The first-order valence-corrected chi connectivity index (χ1v) is 8.38. The lowest BCUT2D eigenvalue weighted by atomic mass is 10.1. The summed E-state index contributed by atoms with van der Waals surface area (Å²) in [4.78, 5) is 0. The van der Waals surface area contributed by atoms with Gasteiger partial charge in [-0.3, -0.25) is 0 Å². The van der Waals surface area contributed by atoms with Gasteiger partial charge in [0.1, 0.15) is 0 Å². The Kier molecular flexibility index (Phi) is 8.87. The number of hydrogen-bond acceptors (Lipinski definition) is 5. The minimum Gasteiger partial charge on any atom is -0.373 e. The molecule has 0 atom stereocenters. The summed E-state index contributed by atoms with van der Waals surface area (Å²) in [5, 5.41) is 4.44. The highest BCUT2D eigenvalue weighted by Crippen LogP contribution is 2.15. The predicted octanol–water partition coefficient (Wildman–Crippen LogP) is 1.61. The first-order chi connectivity index (χ1) is 9.18. The molecule has 1 rings (SSSR count). The van der Waals surface area contributed by atoms with Crippen LogP contribution in [0, 0.1) is 0 Å². The van der Waals surface area contributed by atoms with Gasteiger partial charge in [-0.25, -0.2) is 0 Å². The molecule has 0 spiro atoms. The largest absolute Gasteiger partial charge is 0.536 e. The van der Waals surface area contributed by atoms with Crippen LogP contribution in [0.4, 0.5) is 0 Å². The van der Waals surface area contributed by atoms with E-state index in [1.807, 2.05) is 6.07 Å². The van der Waals surface area contributed by atoms with Crippen LogP contribution in [0.1, 0.15) is 25.0 Å². The van der Waals surface area contributed by atoms with E-state index in [1.54, 1.807) is 21.3 Å². The molecule has 0 saturated heterocycles. The minimum atomic E-state index is -2.78. The molecule has 0 aliphatic heterocycles. The van der Waals surface area contributed by atoms with Crippen molar-refractivity contribution < 1.29 is 13.3 Å². The molecule has 0 fully saturated rings. The van der Waals surface area contributed by atoms with Crippen molar-refractivity contribution in [3.05, 3.63) is 29.3 Å². The van der Waals surface area contributed by atoms with Gasteiger partial charge in [-0.05, 0) is 24.1 Å². The standard InChI is InChI=1S/C14H25NO3Si.H3N/c1-6-12-9-8-10-14(13(12)11-15-7-2)19(16-3,17-4)18-5;/h8-10,15H,6-7,11H2,1-5H3;1H3. The second-order valence-electron chi connectivity index (χ2n) is 4.25. The van der Waals surface area contributed by atoms with Crippen molar-refractivity contribution in [1.82, 2.24) is 11.5 Å². The normalized spacial score (nSPS) is 11.2. The number of benzene rings is 1. The second-order valence-corrected chi connectivity index (χ2v) is 7.12. The zero-order chi connectivity index (χ0) is 14.3. The highest BCUT2D eigenvalue weighted by molar-refractivity contribution is 6.75. The third-order valence-corrected chi connectivity index (χ3v) is 6.08. The van der Waals surface area contributed by atoms with Crippen molar-refractivity contribution in [2.45, 2.75) is 26.8 Å². The summed E-state index contributed by atoms with van der Waals surface area (Å²) in [7, 11) is 2.17. The second kappa shape index (κ2) is 9.22. The fourth-order valence-corrected chi connectivity index (χ4v) is 4.37. The molecule has 4 N–H and O–H groups in total. The molecule has 1 aromatic carbocycles. The molecule has 0 heterocycles. The van der Waals surface area contributed by atoms with Gasteiger partial charge in [-0.1, -0.05) is 32.0 Å². The van der Waals surface area contributed by atoms with E-state index >= 15 is 0 Å². The first kappa shape index (κ1) is 19.2. The summed E-state index contributed by atoms with van der Waals surface area (Å²) in [6.07, 6.45) is 0.982. The number of nitrogens with one attached hydrogen (secondary N) is 1. The highest BCUT2D eigenvalue weighted by Gasteiger charge is 2.42. The number of hydrogen-bond donors (Lipinski definition) is 2. The Hall–Kier alpha value is -0.763. The Labute approximate surface area is 123 Å². The molecule has 0 aliphatic rings. The number of aryl methyl sites for hydroxylation is 1. The summed E-state index contributed by atoms with van der Waals surface area (Å²) >= 11 is 0. The molecule has 20 heavy (non-hydrogen) atoms. The van der Waals surface area contributed by atoms with Gasteiger partial charge in [0.05, 0.1) is 0 Å². The maximum absolute atomic E-state index is 5.61. The van der Waals surface area contributed by atoms with E-state index in [1.165, 1.54) is 11.1 Å². The lowest BCUT2D eigenvalue weighted by Gasteiger charge is -2.28. The molecule has 0 aliphatic carbocycles. The Balaban J connectivity index is 0.00000361. The Bertz CT molecular complexity index is 390. The third kappa shape index (κ3) is 3.88. The lowest BCUT2D eigenvalue weighted by molar-refractivity contribution is 0.140. The van der Waals surface area contributed by atoms with E-state index in [0.29, 0.717) is 0 Å². The Morgan fingerprint density at radius 3 is 2.10 bits per heavy atom. The molecular formula is C14H28N2O3Si. The van der Waals surface area contributed by atoms with Crippen molar-refractivity contribution in [2.75, 3.05) is 27.9 Å². The van der Waals surface area contributed by atoms with Gasteiger partial charge in [0.25, 0.3) is 0 Å². The molecular weight excluding hydrogens is 272 g/mol. The van der Waals surface area contributed by atoms with Gasteiger partial charge in [0.2, 0.25) is 0 Å². The van der Waals surface area contributed by atoms with Crippen LogP contribution in [0.25, 0.3) is 0 Å². The van der Waals surface area contributed by atoms with Crippen LogP contribution in [0.15, 0.2) is 18.2 Å². The lowest BCUT2D eigenvalue weighted by Crippen LogP contribution is -2.56. The number of rotatable bonds is 8. The van der Waals surface area contributed by atoms with Crippen LogP contribution in [-0.2, 0) is 26.2 Å². The average Bonchev–Trinajstić information content (AvgIpc) is 2.47. The van der Waals surface area contributed by atoms with E-state index in [2.05, 4.69) is 31.3 Å². The van der Waals surface area contributed by atoms with Gasteiger partial charge in [0, 0.05) is 33.1 Å². The van der Waals surface area contributed by atoms with Crippen LogP contribution in [-0.4, -0.2) is 36.7 Å². The molecule has 0 unspecified atom stereocenters. The Morgan fingerprint density at radius 2 is 1.65 bits per heavy atom. The maximum Gasteiger partial charge on any atom is 0.536 e. The molecule has 0 bridgehead atoms. The minimum absolute atomic E-state index is 0. The van der Waals surface area contributed by atoms with Gasteiger partial charge >= 0.3 is 8.80 Å². The van der Waals surface area contributed by atoms with Crippen molar-refractivity contribution >= 4 is 14.0 Å². The topological polar surface area (TPSA) is 74.7 Å². The van der Waals surface area contributed by atoms with E-state index in [0.717, 1.165) is 24.7 Å².